The Kier molecular flexibility index (Phi) is 6.65. The third-order valence-corrected chi connectivity index (χ3v) is 4.20. The van der Waals surface area contributed by atoms with Crippen LogP contribution in [0.3, 0.4) is 0 Å². The monoisotopic (exact) mass is 361 g/mol. The highest BCUT2D eigenvalue weighted by Gasteiger charge is 2.21. The first-order chi connectivity index (χ1) is 12.4. The molecule has 0 fully saturated rings. The molecule has 0 N–H and O–H groups in total. The predicted molar refractivity (Wildman–Crippen MR) is 107 cm³/mol. The smallest absolute Gasteiger partial charge is 0.293 e. The predicted octanol–water partition coefficient (Wildman–Crippen LogP) is 1.65. The molecule has 1 aromatic heterocycles. The summed E-state index contributed by atoms with van der Waals surface area (Å²) in [5.41, 5.74) is 2.19. The van der Waals surface area contributed by atoms with Crippen LogP contribution in [-0.4, -0.2) is 80.7 Å². The van der Waals surface area contributed by atoms with Gasteiger partial charge in [-0.1, -0.05) is 0 Å². The number of allylic oxidation sites excluding steroid dienone is 1. The Bertz CT molecular complexity index is 700. The van der Waals surface area contributed by atoms with Crippen LogP contribution in [0.15, 0.2) is 27.4 Å². The summed E-state index contributed by atoms with van der Waals surface area (Å²) in [4.78, 5) is 15.1. The molecule has 0 bridgehead atoms. The molecule has 0 atom stereocenters. The largest absolute Gasteiger partial charge is 0.468 e. The number of fused-ring (bicyclic) bond motifs is 1. The van der Waals surface area contributed by atoms with Crippen molar-refractivity contribution in [3.8, 4) is 0 Å². The summed E-state index contributed by atoms with van der Waals surface area (Å²) in [7, 11) is 11.3. The first-order valence-electron chi connectivity index (χ1n) is 8.79. The number of rotatable bonds is 4. The van der Waals surface area contributed by atoms with E-state index in [0.29, 0.717) is 6.02 Å². The summed E-state index contributed by atoms with van der Waals surface area (Å²) < 4.78 is 7.54. The number of ether oxygens (including phenoxy) is 1. The van der Waals surface area contributed by atoms with Gasteiger partial charge in [0.15, 0.2) is 0 Å². The van der Waals surface area contributed by atoms with E-state index in [0.717, 1.165) is 43.3 Å². The van der Waals surface area contributed by atoms with Crippen LogP contribution in [0, 0.1) is 0 Å². The van der Waals surface area contributed by atoms with Gasteiger partial charge in [-0.15, -0.1) is 0 Å². The van der Waals surface area contributed by atoms with Crippen molar-refractivity contribution >= 4 is 18.1 Å². The molecule has 0 aromatic carbocycles. The maximum Gasteiger partial charge on any atom is 0.293 e. The van der Waals surface area contributed by atoms with Crippen molar-refractivity contribution in [3.05, 3.63) is 23.2 Å². The van der Waals surface area contributed by atoms with Crippen LogP contribution in [0.2, 0.25) is 0 Å². The Morgan fingerprint density at radius 1 is 1.27 bits per heavy atom. The van der Waals surface area contributed by atoms with E-state index in [1.165, 1.54) is 5.69 Å². The fourth-order valence-corrected chi connectivity index (χ4v) is 2.92. The lowest BCUT2D eigenvalue weighted by Gasteiger charge is -2.25. The van der Waals surface area contributed by atoms with E-state index in [4.69, 9.17) is 14.8 Å². The van der Waals surface area contributed by atoms with E-state index in [1.54, 1.807) is 14.2 Å². The zero-order valence-corrected chi connectivity index (χ0v) is 17.0. The van der Waals surface area contributed by atoms with Gasteiger partial charge in [0.1, 0.15) is 11.6 Å². The van der Waals surface area contributed by atoms with E-state index in [2.05, 4.69) is 20.6 Å². The van der Waals surface area contributed by atoms with E-state index in [-0.39, 0.29) is 0 Å². The Morgan fingerprint density at radius 3 is 2.58 bits per heavy atom. The molecule has 8 heteroatoms. The Hall–Kier alpha value is -2.51. The van der Waals surface area contributed by atoms with Crippen LogP contribution in [-0.2, 0) is 17.8 Å². The van der Waals surface area contributed by atoms with Gasteiger partial charge in [0.05, 0.1) is 19.3 Å². The van der Waals surface area contributed by atoms with Crippen molar-refractivity contribution < 1.29 is 4.74 Å². The molecule has 0 saturated carbocycles. The summed E-state index contributed by atoms with van der Waals surface area (Å²) in [6, 6.07) is 2.71. The first kappa shape index (κ1) is 19.8. The Balaban J connectivity index is 2.42. The lowest BCUT2D eigenvalue weighted by atomic mass is 10.2. The highest BCUT2D eigenvalue weighted by atomic mass is 16.5. The third-order valence-electron chi connectivity index (χ3n) is 4.20. The number of amidine groups is 1. The van der Waals surface area contributed by atoms with E-state index in [9.17, 15) is 0 Å². The minimum absolute atomic E-state index is 0.565. The highest BCUT2D eigenvalue weighted by Crippen LogP contribution is 2.23. The van der Waals surface area contributed by atoms with Crippen molar-refractivity contribution in [1.82, 2.24) is 19.6 Å². The number of anilines is 1. The molecule has 2 rings (SSSR count). The molecule has 0 amide bonds. The van der Waals surface area contributed by atoms with E-state index >= 15 is 0 Å². The van der Waals surface area contributed by atoms with Crippen LogP contribution in [0.5, 0.6) is 0 Å². The average molecular weight is 361 g/mol. The maximum atomic E-state index is 5.44. The van der Waals surface area contributed by atoms with Crippen LogP contribution in [0.25, 0.3) is 0 Å². The molecule has 2 heterocycles. The normalized spacial score (nSPS) is 16.3. The SMILES string of the molecule is C\N=C/C(C)=C(/N=C(/OC)N(C)C)N1CCCn2nc(N(C)C)cc2C1. The van der Waals surface area contributed by atoms with Gasteiger partial charge in [0.2, 0.25) is 0 Å². The fraction of sp³-hybridized carbons (Fsp3) is 0.611. The molecule has 0 spiro atoms. The zero-order chi connectivity index (χ0) is 19.3. The van der Waals surface area contributed by atoms with Crippen LogP contribution >= 0.6 is 0 Å². The molecule has 1 aromatic rings. The summed E-state index contributed by atoms with van der Waals surface area (Å²) in [5, 5.41) is 4.70. The van der Waals surface area contributed by atoms with Gasteiger partial charge in [-0.2, -0.15) is 10.1 Å². The second-order valence-corrected chi connectivity index (χ2v) is 6.77. The molecule has 1 aliphatic rings. The number of aliphatic imine (C=N–C) groups is 2. The average Bonchev–Trinajstić information content (AvgIpc) is 2.88. The number of hydrogen-bond acceptors (Lipinski definition) is 6. The van der Waals surface area contributed by atoms with Gasteiger partial charge in [0.25, 0.3) is 6.02 Å². The lowest BCUT2D eigenvalue weighted by molar-refractivity contribution is 0.309. The van der Waals surface area contributed by atoms with Crippen molar-refractivity contribution in [2.45, 2.75) is 26.4 Å². The van der Waals surface area contributed by atoms with Crippen LogP contribution in [0.4, 0.5) is 5.82 Å². The maximum absolute atomic E-state index is 5.44. The lowest BCUT2D eigenvalue weighted by Crippen LogP contribution is -2.28. The van der Waals surface area contributed by atoms with Crippen LogP contribution < -0.4 is 4.90 Å². The molecule has 0 radical (unpaired) electrons. The molecular weight excluding hydrogens is 330 g/mol. The summed E-state index contributed by atoms with van der Waals surface area (Å²) in [5.74, 6) is 1.86. The van der Waals surface area contributed by atoms with Gasteiger partial charge in [-0.3, -0.25) is 9.67 Å². The fourth-order valence-electron chi connectivity index (χ4n) is 2.92. The molecule has 1 aliphatic heterocycles. The van der Waals surface area contributed by atoms with Gasteiger partial charge in [-0.25, -0.2) is 0 Å². The van der Waals surface area contributed by atoms with Crippen LogP contribution in [0.1, 0.15) is 19.0 Å². The topological polar surface area (TPSA) is 61.5 Å². The number of methoxy groups -OCH3 is 1. The number of hydrogen-bond donors (Lipinski definition) is 0. The quantitative estimate of drug-likeness (QED) is 0.603. The second kappa shape index (κ2) is 8.73. The highest BCUT2D eigenvalue weighted by molar-refractivity contribution is 5.80. The standard InChI is InChI=1S/C18H31N7O/c1-14(12-19-2)17(20-18(26-7)23(5)6)24-9-8-10-25-15(13-24)11-16(21-25)22(3)4/h11-12H,8-10,13H2,1-7H3/b17-14-,19-12-,20-18+. The molecule has 26 heavy (non-hydrogen) atoms. The number of aryl methyl sites for hydroxylation is 1. The first-order valence-corrected chi connectivity index (χ1v) is 8.79. The molecule has 0 unspecified atom stereocenters. The zero-order valence-electron chi connectivity index (χ0n) is 17.0. The second-order valence-electron chi connectivity index (χ2n) is 6.77. The van der Waals surface area contributed by atoms with Crippen molar-refractivity contribution in [2.75, 3.05) is 53.8 Å². The molecule has 0 aliphatic carbocycles. The van der Waals surface area contributed by atoms with Crippen molar-refractivity contribution in [2.24, 2.45) is 9.98 Å². The Labute approximate surface area is 156 Å². The third kappa shape index (κ3) is 4.56. The summed E-state index contributed by atoms with van der Waals surface area (Å²) >= 11 is 0. The van der Waals surface area contributed by atoms with E-state index < -0.39 is 0 Å². The van der Waals surface area contributed by atoms with Crippen molar-refractivity contribution in [1.29, 1.82) is 0 Å². The number of nitrogens with zero attached hydrogens (tertiary/aromatic N) is 7. The summed E-state index contributed by atoms with van der Waals surface area (Å²) in [6.07, 6.45) is 2.84. The number of aromatic nitrogens is 2. The van der Waals surface area contributed by atoms with E-state index in [1.807, 2.05) is 51.1 Å². The molecule has 0 saturated heterocycles. The molecular formula is C18H31N7O. The van der Waals surface area contributed by atoms with Gasteiger partial charge >= 0.3 is 0 Å². The van der Waals surface area contributed by atoms with Gasteiger partial charge < -0.3 is 19.4 Å². The summed E-state index contributed by atoms with van der Waals surface area (Å²) in [6.45, 7) is 4.59. The molecule has 8 nitrogen and oxygen atoms in total. The minimum atomic E-state index is 0.565. The van der Waals surface area contributed by atoms with Crippen molar-refractivity contribution in [3.63, 3.8) is 0 Å². The van der Waals surface area contributed by atoms with Gasteiger partial charge in [-0.05, 0) is 13.3 Å². The molecule has 144 valence electrons. The van der Waals surface area contributed by atoms with Gasteiger partial charge in [0, 0.05) is 66.2 Å². The minimum Gasteiger partial charge on any atom is -0.468 e. The Morgan fingerprint density at radius 2 is 2.00 bits per heavy atom.